The molecule has 3 nitrogen and oxygen atoms in total. The van der Waals surface area contributed by atoms with Crippen molar-refractivity contribution in [2.45, 2.75) is 25.3 Å². The summed E-state index contributed by atoms with van der Waals surface area (Å²) in [6.07, 6.45) is 9.88. The highest BCUT2D eigenvalue weighted by Crippen LogP contribution is 2.34. The summed E-state index contributed by atoms with van der Waals surface area (Å²) >= 11 is 0. The summed E-state index contributed by atoms with van der Waals surface area (Å²) in [7, 11) is 0. The number of hydrogen-bond donors (Lipinski definition) is 0. The number of fused-ring (bicyclic) bond motifs is 2. The lowest BCUT2D eigenvalue weighted by Crippen LogP contribution is -2.28. The molecule has 3 atom stereocenters. The average Bonchev–Trinajstić information content (AvgIpc) is 2.93. The Morgan fingerprint density at radius 2 is 2.60 bits per heavy atom. The van der Waals surface area contributed by atoms with Crippen molar-refractivity contribution < 1.29 is 4.52 Å². The molecule has 1 aromatic rings. The average molecular weight is 204 g/mol. The molecular weight excluding hydrogens is 188 g/mol. The molecule has 3 heterocycles. The molecule has 0 saturated carbocycles. The fourth-order valence-electron chi connectivity index (χ4n) is 2.82. The Hall–Kier alpha value is -1.09. The molecule has 2 aliphatic rings. The molecule has 1 aromatic heterocycles. The minimum absolute atomic E-state index is 0.780. The van der Waals surface area contributed by atoms with E-state index in [1.165, 1.54) is 25.9 Å². The van der Waals surface area contributed by atoms with Gasteiger partial charge in [-0.3, -0.25) is 4.90 Å². The fraction of sp³-hybridized carbons (Fsp3) is 0.583. The molecular formula is C12H16N2O. The molecule has 2 saturated heterocycles. The van der Waals surface area contributed by atoms with E-state index in [2.05, 4.69) is 16.1 Å². The van der Waals surface area contributed by atoms with E-state index in [1.807, 2.05) is 12.1 Å². The number of hydrogen-bond acceptors (Lipinski definition) is 3. The van der Waals surface area contributed by atoms with Crippen molar-refractivity contribution in [2.75, 3.05) is 13.1 Å². The molecule has 2 aliphatic heterocycles. The zero-order valence-corrected chi connectivity index (χ0v) is 8.80. The maximum absolute atomic E-state index is 5.01. The minimum atomic E-state index is 0.780. The molecule has 3 rings (SSSR count). The van der Waals surface area contributed by atoms with E-state index in [4.69, 9.17) is 4.52 Å². The van der Waals surface area contributed by atoms with Crippen LogP contribution in [0.1, 0.15) is 25.0 Å². The smallest absolute Gasteiger partial charge is 0.159 e. The molecule has 2 fully saturated rings. The summed E-state index contributed by atoms with van der Waals surface area (Å²) in [6, 6.07) is 2.67. The van der Waals surface area contributed by atoms with Crippen LogP contribution in [0.5, 0.6) is 0 Å². The van der Waals surface area contributed by atoms with Crippen molar-refractivity contribution in [2.24, 2.45) is 5.92 Å². The van der Waals surface area contributed by atoms with E-state index in [0.29, 0.717) is 0 Å². The Morgan fingerprint density at radius 3 is 3.27 bits per heavy atom. The molecule has 0 aliphatic carbocycles. The predicted molar refractivity (Wildman–Crippen MR) is 58.2 cm³/mol. The van der Waals surface area contributed by atoms with Crippen LogP contribution in [0.15, 0.2) is 22.9 Å². The fourth-order valence-corrected chi connectivity index (χ4v) is 2.82. The summed E-state index contributed by atoms with van der Waals surface area (Å²) in [4.78, 5) is 2.62. The molecule has 0 aromatic carbocycles. The molecule has 0 radical (unpaired) electrons. The third kappa shape index (κ3) is 1.84. The van der Waals surface area contributed by atoms with Crippen molar-refractivity contribution in [1.82, 2.24) is 10.1 Å². The van der Waals surface area contributed by atoms with Crippen LogP contribution in [0.4, 0.5) is 0 Å². The highest BCUT2D eigenvalue weighted by Gasteiger charge is 2.36. The monoisotopic (exact) mass is 204 g/mol. The lowest BCUT2D eigenvalue weighted by molar-refractivity contribution is 0.263. The molecule has 0 N–H and O–H groups in total. The molecule has 3 unspecified atom stereocenters. The van der Waals surface area contributed by atoms with Gasteiger partial charge in [-0.2, -0.15) is 0 Å². The Balaban J connectivity index is 1.54. The first-order valence-electron chi connectivity index (χ1n) is 5.73. The molecule has 0 spiro atoms. The van der Waals surface area contributed by atoms with Gasteiger partial charge in [-0.25, -0.2) is 0 Å². The van der Waals surface area contributed by atoms with Crippen molar-refractivity contribution in [3.63, 3.8) is 0 Å². The molecule has 80 valence electrons. The number of rotatable bonds is 3. The second-order valence-corrected chi connectivity index (χ2v) is 4.59. The van der Waals surface area contributed by atoms with Crippen LogP contribution in [0, 0.1) is 5.92 Å². The standard InChI is InChI=1S/C12H16N2O/c1(3-12-4-6-13-15-12)2-11-8-10-5-7-14(11)9-10/h1,3-4,6,10-11H,2,5,7-9H2/b3-1-. The first-order valence-corrected chi connectivity index (χ1v) is 5.73. The van der Waals surface area contributed by atoms with Gasteiger partial charge >= 0.3 is 0 Å². The zero-order valence-electron chi connectivity index (χ0n) is 8.80. The van der Waals surface area contributed by atoms with E-state index < -0.39 is 0 Å². The molecule has 2 bridgehead atoms. The lowest BCUT2D eigenvalue weighted by Gasteiger charge is -2.23. The maximum Gasteiger partial charge on any atom is 0.159 e. The number of piperidine rings is 1. The van der Waals surface area contributed by atoms with Crippen LogP contribution in [0.3, 0.4) is 0 Å². The Labute approximate surface area is 89.7 Å². The Bertz CT molecular complexity index is 345. The van der Waals surface area contributed by atoms with Gasteiger partial charge in [0, 0.05) is 18.7 Å². The largest absolute Gasteiger partial charge is 0.357 e. The first-order chi connectivity index (χ1) is 7.42. The van der Waals surface area contributed by atoms with Gasteiger partial charge in [0.05, 0.1) is 6.20 Å². The van der Waals surface area contributed by atoms with Crippen LogP contribution >= 0.6 is 0 Å². The van der Waals surface area contributed by atoms with Gasteiger partial charge < -0.3 is 4.52 Å². The summed E-state index contributed by atoms with van der Waals surface area (Å²) in [6.45, 7) is 2.65. The van der Waals surface area contributed by atoms with Crippen molar-refractivity contribution in [3.8, 4) is 0 Å². The van der Waals surface area contributed by atoms with E-state index in [-0.39, 0.29) is 0 Å². The third-order valence-electron chi connectivity index (χ3n) is 3.59. The van der Waals surface area contributed by atoms with Gasteiger partial charge in [0.25, 0.3) is 0 Å². The summed E-state index contributed by atoms with van der Waals surface area (Å²) in [5, 5.41) is 3.67. The van der Waals surface area contributed by atoms with E-state index in [9.17, 15) is 0 Å². The summed E-state index contributed by atoms with van der Waals surface area (Å²) in [5.41, 5.74) is 0. The van der Waals surface area contributed by atoms with E-state index in [0.717, 1.165) is 24.1 Å². The highest BCUT2D eigenvalue weighted by molar-refractivity contribution is 5.41. The summed E-state index contributed by atoms with van der Waals surface area (Å²) in [5.74, 6) is 1.84. The maximum atomic E-state index is 5.01. The SMILES string of the molecule is C(=C/c1ccno1)/CC1CC2CCN1C2. The van der Waals surface area contributed by atoms with E-state index in [1.54, 1.807) is 6.20 Å². The van der Waals surface area contributed by atoms with Gasteiger partial charge in [0.2, 0.25) is 0 Å². The van der Waals surface area contributed by atoms with Gasteiger partial charge in [-0.15, -0.1) is 0 Å². The minimum Gasteiger partial charge on any atom is -0.357 e. The van der Waals surface area contributed by atoms with Gasteiger partial charge in [-0.1, -0.05) is 11.2 Å². The van der Waals surface area contributed by atoms with Crippen LogP contribution in [-0.2, 0) is 0 Å². The second kappa shape index (κ2) is 3.81. The second-order valence-electron chi connectivity index (χ2n) is 4.59. The van der Waals surface area contributed by atoms with Crippen LogP contribution in [0.2, 0.25) is 0 Å². The normalized spacial score (nSPS) is 34.3. The Morgan fingerprint density at radius 1 is 1.60 bits per heavy atom. The van der Waals surface area contributed by atoms with Crippen LogP contribution in [-0.4, -0.2) is 29.2 Å². The van der Waals surface area contributed by atoms with E-state index >= 15 is 0 Å². The molecule has 3 heteroatoms. The third-order valence-corrected chi connectivity index (χ3v) is 3.59. The molecule has 0 amide bonds. The number of aromatic nitrogens is 1. The number of nitrogens with zero attached hydrogens (tertiary/aromatic N) is 2. The van der Waals surface area contributed by atoms with Crippen LogP contribution < -0.4 is 0 Å². The predicted octanol–water partition coefficient (Wildman–Crippen LogP) is 2.17. The lowest BCUT2D eigenvalue weighted by atomic mass is 9.98. The van der Waals surface area contributed by atoms with Gasteiger partial charge in [-0.05, 0) is 37.8 Å². The van der Waals surface area contributed by atoms with Crippen LogP contribution in [0.25, 0.3) is 6.08 Å². The Kier molecular flexibility index (Phi) is 2.33. The zero-order chi connectivity index (χ0) is 10.1. The van der Waals surface area contributed by atoms with Crippen molar-refractivity contribution in [3.05, 3.63) is 24.1 Å². The summed E-state index contributed by atoms with van der Waals surface area (Å²) < 4.78 is 5.01. The van der Waals surface area contributed by atoms with Crippen molar-refractivity contribution >= 4 is 6.08 Å². The highest BCUT2D eigenvalue weighted by atomic mass is 16.5. The van der Waals surface area contributed by atoms with Gasteiger partial charge in [0.1, 0.15) is 0 Å². The van der Waals surface area contributed by atoms with Crippen molar-refractivity contribution in [1.29, 1.82) is 0 Å². The topological polar surface area (TPSA) is 29.3 Å². The molecule has 15 heavy (non-hydrogen) atoms. The van der Waals surface area contributed by atoms with Gasteiger partial charge in [0.15, 0.2) is 5.76 Å². The first kappa shape index (κ1) is 9.16. The quantitative estimate of drug-likeness (QED) is 0.755.